The summed E-state index contributed by atoms with van der Waals surface area (Å²) in [5.41, 5.74) is 9.38. The number of halogens is 3. The first kappa shape index (κ1) is 30.8. The maximum Gasteiger partial charge on any atom is 0.573 e. The third-order valence-electron chi connectivity index (χ3n) is 7.11. The van der Waals surface area contributed by atoms with Crippen LogP contribution in [-0.4, -0.2) is 75.0 Å². The van der Waals surface area contributed by atoms with Gasteiger partial charge in [-0.25, -0.2) is 0 Å². The molecule has 1 atom stereocenters. The van der Waals surface area contributed by atoms with Gasteiger partial charge < -0.3 is 30.3 Å². The van der Waals surface area contributed by atoms with Crippen LogP contribution < -0.4 is 15.2 Å². The van der Waals surface area contributed by atoms with E-state index in [2.05, 4.69) is 9.84 Å². The van der Waals surface area contributed by atoms with Crippen molar-refractivity contribution < 1.29 is 42.4 Å². The molecule has 2 aromatic carbocycles. The van der Waals surface area contributed by atoms with Crippen LogP contribution in [0.25, 0.3) is 11.1 Å². The molecule has 3 aromatic rings. The molecule has 4 N–H and O–H groups in total. The standard InChI is InChI=1S/C29H33F3N4O6/c1-17-27(18(2)36(34-17)15-21(38)16-37)20-5-8-25(24(14-20)28(33)40)41-22-9-11-35(12-10-22)26(39)13-19-3-6-23(7-4-19)42-29(30,31)32/h3-8,14,21-22,37-38H,9-13,15-16H2,1-2H3,(H2,33,40)/t21-/m1/s1. The van der Waals surface area contributed by atoms with Gasteiger partial charge >= 0.3 is 6.36 Å². The van der Waals surface area contributed by atoms with Crippen LogP contribution in [0.3, 0.4) is 0 Å². The number of hydrogen-bond donors (Lipinski definition) is 3. The molecule has 42 heavy (non-hydrogen) atoms. The summed E-state index contributed by atoms with van der Waals surface area (Å²) in [7, 11) is 0. The summed E-state index contributed by atoms with van der Waals surface area (Å²) in [5.74, 6) is -0.837. The molecule has 1 aliphatic heterocycles. The molecule has 1 aliphatic rings. The fourth-order valence-electron chi connectivity index (χ4n) is 5.03. The highest BCUT2D eigenvalue weighted by Gasteiger charge is 2.31. The van der Waals surface area contributed by atoms with E-state index in [0.29, 0.717) is 48.5 Å². The molecule has 1 aromatic heterocycles. The van der Waals surface area contributed by atoms with Crippen molar-refractivity contribution in [1.29, 1.82) is 0 Å². The average Bonchev–Trinajstić information content (AvgIpc) is 3.21. The maximum absolute atomic E-state index is 12.8. The quantitative estimate of drug-likeness (QED) is 0.330. The van der Waals surface area contributed by atoms with Crippen LogP contribution in [0.1, 0.15) is 40.2 Å². The lowest BCUT2D eigenvalue weighted by molar-refractivity contribution is -0.274. The number of hydrogen-bond acceptors (Lipinski definition) is 7. The van der Waals surface area contributed by atoms with Gasteiger partial charge in [-0.05, 0) is 49.2 Å². The van der Waals surface area contributed by atoms with E-state index in [1.54, 1.807) is 27.8 Å². The van der Waals surface area contributed by atoms with Gasteiger partial charge in [-0.1, -0.05) is 18.2 Å². The van der Waals surface area contributed by atoms with Crippen molar-refractivity contribution in [2.75, 3.05) is 19.7 Å². The summed E-state index contributed by atoms with van der Waals surface area (Å²) in [6.07, 6.45) is -4.92. The third kappa shape index (κ3) is 7.59. The SMILES string of the molecule is Cc1nn(C[C@@H](O)CO)c(C)c1-c1ccc(OC2CCN(C(=O)Cc3ccc(OC(F)(F)F)cc3)CC2)c(C(N)=O)c1. The molecule has 226 valence electrons. The van der Waals surface area contributed by atoms with Crippen LogP contribution in [0.4, 0.5) is 13.2 Å². The smallest absolute Gasteiger partial charge is 0.489 e. The second-order valence-corrected chi connectivity index (χ2v) is 10.2. The Morgan fingerprint density at radius 3 is 2.38 bits per heavy atom. The first-order chi connectivity index (χ1) is 19.8. The van der Waals surface area contributed by atoms with E-state index in [4.69, 9.17) is 10.5 Å². The first-order valence-corrected chi connectivity index (χ1v) is 13.4. The van der Waals surface area contributed by atoms with Crippen LogP contribution in [0.15, 0.2) is 42.5 Å². The Labute approximate surface area is 240 Å². The number of rotatable bonds is 10. The van der Waals surface area contributed by atoms with Gasteiger partial charge in [0.15, 0.2) is 0 Å². The Hall–Kier alpha value is -4.10. The first-order valence-electron chi connectivity index (χ1n) is 13.4. The van der Waals surface area contributed by atoms with E-state index in [1.807, 2.05) is 13.8 Å². The van der Waals surface area contributed by atoms with Crippen molar-refractivity contribution in [2.45, 2.75) is 58.2 Å². The van der Waals surface area contributed by atoms with Crippen molar-refractivity contribution in [3.8, 4) is 22.6 Å². The maximum atomic E-state index is 12.8. The van der Waals surface area contributed by atoms with E-state index >= 15 is 0 Å². The van der Waals surface area contributed by atoms with Crippen LogP contribution in [0.2, 0.25) is 0 Å². The zero-order valence-corrected chi connectivity index (χ0v) is 23.2. The number of alkyl halides is 3. The predicted octanol–water partition coefficient (Wildman–Crippen LogP) is 3.13. The fraction of sp³-hybridized carbons (Fsp3) is 0.414. The second-order valence-electron chi connectivity index (χ2n) is 10.2. The molecule has 1 saturated heterocycles. The lowest BCUT2D eigenvalue weighted by atomic mass is 10.00. The van der Waals surface area contributed by atoms with E-state index in [0.717, 1.165) is 11.3 Å². The molecule has 0 bridgehead atoms. The number of ether oxygens (including phenoxy) is 2. The van der Waals surface area contributed by atoms with Gasteiger partial charge in [-0.15, -0.1) is 13.2 Å². The highest BCUT2D eigenvalue weighted by Crippen LogP contribution is 2.32. The number of carbonyl (C=O) groups excluding carboxylic acids is 2. The van der Waals surface area contributed by atoms with Crippen molar-refractivity contribution in [3.63, 3.8) is 0 Å². The number of carbonyl (C=O) groups is 2. The van der Waals surface area contributed by atoms with Crippen molar-refractivity contribution in [1.82, 2.24) is 14.7 Å². The van der Waals surface area contributed by atoms with Gasteiger partial charge in [-0.2, -0.15) is 5.10 Å². The number of aromatic nitrogens is 2. The Balaban J connectivity index is 1.38. The van der Waals surface area contributed by atoms with Crippen LogP contribution in [-0.2, 0) is 17.8 Å². The number of nitrogens with two attached hydrogens (primary N) is 1. The number of aliphatic hydroxyl groups is 2. The largest absolute Gasteiger partial charge is 0.573 e. The number of likely N-dealkylation sites (tertiary alicyclic amines) is 1. The topological polar surface area (TPSA) is 140 Å². The molecule has 2 amide bonds. The van der Waals surface area contributed by atoms with Crippen LogP contribution in [0.5, 0.6) is 11.5 Å². The van der Waals surface area contributed by atoms with Crippen LogP contribution >= 0.6 is 0 Å². The Bertz CT molecular complexity index is 1420. The zero-order valence-electron chi connectivity index (χ0n) is 23.2. The second kappa shape index (κ2) is 12.8. The normalized spacial score (nSPS) is 15.0. The van der Waals surface area contributed by atoms with E-state index in [9.17, 15) is 33.0 Å². The summed E-state index contributed by atoms with van der Waals surface area (Å²) >= 11 is 0. The summed E-state index contributed by atoms with van der Waals surface area (Å²) in [6.45, 7) is 4.21. The van der Waals surface area contributed by atoms with Crippen molar-refractivity contribution in [3.05, 3.63) is 65.0 Å². The molecule has 13 heteroatoms. The monoisotopic (exact) mass is 590 g/mol. The number of aryl methyl sites for hydroxylation is 1. The summed E-state index contributed by atoms with van der Waals surface area (Å²) in [4.78, 5) is 26.8. The summed E-state index contributed by atoms with van der Waals surface area (Å²) in [5, 5.41) is 23.4. The van der Waals surface area contributed by atoms with E-state index in [-0.39, 0.29) is 36.3 Å². The lowest BCUT2D eigenvalue weighted by Gasteiger charge is -2.32. The number of amides is 2. The lowest BCUT2D eigenvalue weighted by Crippen LogP contribution is -2.42. The van der Waals surface area contributed by atoms with Gasteiger partial charge in [0.2, 0.25) is 5.91 Å². The minimum atomic E-state index is -4.78. The third-order valence-corrected chi connectivity index (χ3v) is 7.11. The van der Waals surface area contributed by atoms with Gasteiger partial charge in [-0.3, -0.25) is 14.3 Å². The Morgan fingerprint density at radius 2 is 1.79 bits per heavy atom. The van der Waals surface area contributed by atoms with Gasteiger partial charge in [0.05, 0.1) is 36.9 Å². The molecule has 0 spiro atoms. The van der Waals surface area contributed by atoms with E-state index in [1.165, 1.54) is 24.3 Å². The van der Waals surface area contributed by atoms with Gasteiger partial charge in [0.1, 0.15) is 17.6 Å². The highest BCUT2D eigenvalue weighted by atomic mass is 19.4. The Morgan fingerprint density at radius 1 is 1.12 bits per heavy atom. The molecule has 0 saturated carbocycles. The molecule has 0 aliphatic carbocycles. The number of primary amides is 1. The molecule has 10 nitrogen and oxygen atoms in total. The van der Waals surface area contributed by atoms with Crippen molar-refractivity contribution >= 4 is 11.8 Å². The molecule has 0 unspecified atom stereocenters. The fourth-order valence-corrected chi connectivity index (χ4v) is 5.03. The van der Waals surface area contributed by atoms with E-state index < -0.39 is 25.0 Å². The van der Waals surface area contributed by atoms with Gasteiger partial charge in [0.25, 0.3) is 5.91 Å². The van der Waals surface area contributed by atoms with Gasteiger partial charge in [0, 0.05) is 37.2 Å². The number of nitrogens with zero attached hydrogens (tertiary/aromatic N) is 3. The Kier molecular flexibility index (Phi) is 9.42. The summed E-state index contributed by atoms with van der Waals surface area (Å²) < 4.78 is 48.7. The van der Waals surface area contributed by atoms with Crippen molar-refractivity contribution in [2.24, 2.45) is 5.73 Å². The minimum Gasteiger partial charge on any atom is -0.489 e. The zero-order chi connectivity index (χ0) is 30.6. The summed E-state index contributed by atoms with van der Waals surface area (Å²) in [6, 6.07) is 10.3. The van der Waals surface area contributed by atoms with Crippen LogP contribution in [0, 0.1) is 13.8 Å². The highest BCUT2D eigenvalue weighted by molar-refractivity contribution is 5.97. The minimum absolute atomic E-state index is 0.0412. The molecular weight excluding hydrogens is 557 g/mol. The predicted molar refractivity (Wildman–Crippen MR) is 146 cm³/mol. The average molecular weight is 591 g/mol. The number of aliphatic hydroxyl groups excluding tert-OH is 2. The molecular formula is C29H33F3N4O6. The molecule has 4 rings (SSSR count). The number of benzene rings is 2. The molecule has 2 heterocycles. The number of piperidine rings is 1. The molecule has 0 radical (unpaired) electrons. The molecule has 1 fully saturated rings.